The maximum Gasteiger partial charge on any atom is 0.227 e. The van der Waals surface area contributed by atoms with Crippen molar-refractivity contribution in [3.05, 3.63) is 71.7 Å². The van der Waals surface area contributed by atoms with Crippen LogP contribution in [0.1, 0.15) is 57.2 Å². The third kappa shape index (κ3) is 5.47. The molecule has 0 radical (unpaired) electrons. The van der Waals surface area contributed by atoms with Crippen LogP contribution in [-0.4, -0.2) is 39.8 Å². The van der Waals surface area contributed by atoms with Gasteiger partial charge in [0.05, 0.1) is 29.6 Å². The number of nitrogens with zero attached hydrogens (tertiary/aromatic N) is 3. The minimum absolute atomic E-state index is 0.0368. The molecule has 1 atom stereocenters. The molecule has 180 valence electrons. The zero-order chi connectivity index (χ0) is 24.1. The number of amides is 1. The number of benzene rings is 2. The predicted molar refractivity (Wildman–Crippen MR) is 129 cm³/mol. The van der Waals surface area contributed by atoms with E-state index < -0.39 is 0 Å². The van der Waals surface area contributed by atoms with Gasteiger partial charge in [0.2, 0.25) is 11.8 Å². The van der Waals surface area contributed by atoms with Gasteiger partial charge in [-0.2, -0.15) is 5.10 Å². The molecule has 1 aliphatic heterocycles. The largest absolute Gasteiger partial charge is 0.438 e. The highest BCUT2D eigenvalue weighted by molar-refractivity contribution is 5.76. The number of carbonyl (C=O) groups is 1. The quantitative estimate of drug-likeness (QED) is 0.398. The molecular formula is C27H32FN3O3. The monoisotopic (exact) mass is 465 g/mol. The lowest BCUT2D eigenvalue weighted by Gasteiger charge is -2.26. The fourth-order valence-electron chi connectivity index (χ4n) is 4.26. The molecule has 1 saturated heterocycles. The van der Waals surface area contributed by atoms with E-state index in [2.05, 4.69) is 13.8 Å². The Bertz CT molecular complexity index is 1110. The normalized spacial score (nSPS) is 15.6. The number of aromatic nitrogens is 2. The summed E-state index contributed by atoms with van der Waals surface area (Å²) >= 11 is 0. The van der Waals surface area contributed by atoms with Gasteiger partial charge in [0, 0.05) is 25.6 Å². The van der Waals surface area contributed by atoms with Crippen molar-refractivity contribution >= 4 is 5.91 Å². The van der Waals surface area contributed by atoms with E-state index in [4.69, 9.17) is 14.6 Å². The molecule has 2 heterocycles. The SMILES string of the molecule is CCC(=O)N(Cc1c(C(C)C)nn(-c2ccccc2)c1Oc1cccc(F)c1)C[C@H]1CCCO1. The van der Waals surface area contributed by atoms with Gasteiger partial charge in [0.1, 0.15) is 11.6 Å². The van der Waals surface area contributed by atoms with Gasteiger partial charge in [0.25, 0.3) is 0 Å². The van der Waals surface area contributed by atoms with E-state index in [1.807, 2.05) is 42.2 Å². The van der Waals surface area contributed by atoms with Crippen LogP contribution >= 0.6 is 0 Å². The Labute approximate surface area is 200 Å². The van der Waals surface area contributed by atoms with Crippen LogP contribution in [0, 0.1) is 5.82 Å². The van der Waals surface area contributed by atoms with Crippen LogP contribution in [0.25, 0.3) is 5.69 Å². The summed E-state index contributed by atoms with van der Waals surface area (Å²) in [6, 6.07) is 15.7. The van der Waals surface area contributed by atoms with Gasteiger partial charge in [-0.05, 0) is 43.0 Å². The molecule has 3 aromatic rings. The molecule has 6 nitrogen and oxygen atoms in total. The molecule has 2 aromatic carbocycles. The molecule has 1 fully saturated rings. The Morgan fingerprint density at radius 2 is 2.03 bits per heavy atom. The molecule has 0 spiro atoms. The fraction of sp³-hybridized carbons (Fsp3) is 0.407. The molecule has 34 heavy (non-hydrogen) atoms. The topological polar surface area (TPSA) is 56.6 Å². The van der Waals surface area contributed by atoms with Crippen molar-refractivity contribution < 1.29 is 18.7 Å². The Morgan fingerprint density at radius 3 is 2.68 bits per heavy atom. The first kappa shape index (κ1) is 24.0. The first-order chi connectivity index (χ1) is 16.5. The van der Waals surface area contributed by atoms with Crippen molar-refractivity contribution in [3.63, 3.8) is 0 Å². The lowest BCUT2D eigenvalue weighted by molar-refractivity contribution is -0.133. The third-order valence-electron chi connectivity index (χ3n) is 5.98. The fourth-order valence-corrected chi connectivity index (χ4v) is 4.26. The smallest absolute Gasteiger partial charge is 0.227 e. The van der Waals surface area contributed by atoms with E-state index in [9.17, 15) is 9.18 Å². The molecular weight excluding hydrogens is 433 g/mol. The van der Waals surface area contributed by atoms with E-state index in [0.29, 0.717) is 31.1 Å². The Kier molecular flexibility index (Phi) is 7.63. The maximum absolute atomic E-state index is 13.9. The van der Waals surface area contributed by atoms with Crippen LogP contribution in [0.4, 0.5) is 4.39 Å². The molecule has 0 unspecified atom stereocenters. The average molecular weight is 466 g/mol. The van der Waals surface area contributed by atoms with Gasteiger partial charge >= 0.3 is 0 Å². The minimum Gasteiger partial charge on any atom is -0.438 e. The van der Waals surface area contributed by atoms with Crippen LogP contribution in [0.15, 0.2) is 54.6 Å². The summed E-state index contributed by atoms with van der Waals surface area (Å²) in [5.41, 5.74) is 2.49. The molecule has 1 aromatic heterocycles. The van der Waals surface area contributed by atoms with Crippen molar-refractivity contribution in [2.24, 2.45) is 0 Å². The summed E-state index contributed by atoms with van der Waals surface area (Å²) in [5.74, 6) is 0.628. The van der Waals surface area contributed by atoms with Gasteiger partial charge in [-0.1, -0.05) is 45.0 Å². The highest BCUT2D eigenvalue weighted by Gasteiger charge is 2.28. The maximum atomic E-state index is 13.9. The zero-order valence-corrected chi connectivity index (χ0v) is 20.0. The van der Waals surface area contributed by atoms with E-state index >= 15 is 0 Å². The van der Waals surface area contributed by atoms with Crippen molar-refractivity contribution in [1.82, 2.24) is 14.7 Å². The van der Waals surface area contributed by atoms with Crippen molar-refractivity contribution in [1.29, 1.82) is 0 Å². The van der Waals surface area contributed by atoms with E-state index in [0.717, 1.165) is 36.4 Å². The number of hydrogen-bond donors (Lipinski definition) is 0. The van der Waals surface area contributed by atoms with Crippen LogP contribution in [0.5, 0.6) is 11.6 Å². The molecule has 1 aliphatic rings. The number of hydrogen-bond acceptors (Lipinski definition) is 4. The number of carbonyl (C=O) groups excluding carboxylic acids is 1. The highest BCUT2D eigenvalue weighted by atomic mass is 19.1. The summed E-state index contributed by atoms with van der Waals surface area (Å²) in [5, 5.41) is 4.90. The summed E-state index contributed by atoms with van der Waals surface area (Å²) in [6.07, 6.45) is 2.39. The lowest BCUT2D eigenvalue weighted by atomic mass is 10.0. The standard InChI is InChI=1S/C27H32FN3O3/c1-4-25(32)30(17-23-14-9-15-33-23)18-24-26(19(2)3)29-31(21-11-6-5-7-12-21)27(24)34-22-13-8-10-20(28)16-22/h5-8,10-13,16,19,23H,4,9,14-15,17-18H2,1-3H3/t23-/m1/s1. The Balaban J connectivity index is 1.79. The van der Waals surface area contributed by atoms with E-state index in [-0.39, 0.29) is 23.7 Å². The zero-order valence-electron chi connectivity index (χ0n) is 20.0. The second-order valence-corrected chi connectivity index (χ2v) is 8.89. The first-order valence-corrected chi connectivity index (χ1v) is 12.0. The number of halogens is 1. The molecule has 0 N–H and O–H groups in total. The summed E-state index contributed by atoms with van der Waals surface area (Å²) in [6.45, 7) is 7.61. The molecule has 1 amide bonds. The van der Waals surface area contributed by atoms with Gasteiger partial charge in [-0.3, -0.25) is 4.79 Å². The lowest BCUT2D eigenvalue weighted by Crippen LogP contribution is -2.36. The average Bonchev–Trinajstić information content (AvgIpc) is 3.47. The summed E-state index contributed by atoms with van der Waals surface area (Å²) in [4.78, 5) is 14.8. The van der Waals surface area contributed by atoms with Crippen LogP contribution in [0.3, 0.4) is 0 Å². The number of ether oxygens (including phenoxy) is 2. The Morgan fingerprint density at radius 1 is 1.24 bits per heavy atom. The first-order valence-electron chi connectivity index (χ1n) is 12.0. The molecule has 7 heteroatoms. The van der Waals surface area contributed by atoms with Crippen molar-refractivity contribution in [2.45, 2.75) is 58.6 Å². The van der Waals surface area contributed by atoms with Crippen molar-refractivity contribution in [3.8, 4) is 17.3 Å². The predicted octanol–water partition coefficient (Wildman–Crippen LogP) is 5.84. The Hall–Kier alpha value is -3.19. The summed E-state index contributed by atoms with van der Waals surface area (Å²) in [7, 11) is 0. The highest BCUT2D eigenvalue weighted by Crippen LogP contribution is 2.35. The molecule has 0 saturated carbocycles. The van der Waals surface area contributed by atoms with Gasteiger partial charge in [-0.25, -0.2) is 9.07 Å². The van der Waals surface area contributed by atoms with E-state index in [1.54, 1.807) is 16.8 Å². The molecule has 0 bridgehead atoms. The van der Waals surface area contributed by atoms with Gasteiger partial charge in [0.15, 0.2) is 0 Å². The van der Waals surface area contributed by atoms with Crippen LogP contribution in [-0.2, 0) is 16.1 Å². The number of para-hydroxylation sites is 1. The minimum atomic E-state index is -0.380. The van der Waals surface area contributed by atoms with Gasteiger partial charge < -0.3 is 14.4 Å². The van der Waals surface area contributed by atoms with E-state index in [1.165, 1.54) is 12.1 Å². The van der Waals surface area contributed by atoms with Crippen LogP contribution < -0.4 is 4.74 Å². The van der Waals surface area contributed by atoms with Crippen molar-refractivity contribution in [2.75, 3.05) is 13.2 Å². The van der Waals surface area contributed by atoms with Gasteiger partial charge in [-0.15, -0.1) is 0 Å². The van der Waals surface area contributed by atoms with Crippen LogP contribution in [0.2, 0.25) is 0 Å². The second kappa shape index (κ2) is 10.8. The second-order valence-electron chi connectivity index (χ2n) is 8.89. The molecule has 0 aliphatic carbocycles. The number of rotatable bonds is 9. The summed E-state index contributed by atoms with van der Waals surface area (Å²) < 4.78 is 27.8. The third-order valence-corrected chi connectivity index (χ3v) is 5.98. The molecule has 4 rings (SSSR count).